The fourth-order valence-corrected chi connectivity index (χ4v) is 1.77. The lowest BCUT2D eigenvalue weighted by Crippen LogP contribution is -2.31. The Balaban J connectivity index is 2.50. The van der Waals surface area contributed by atoms with Crippen molar-refractivity contribution >= 4 is 10.8 Å². The van der Waals surface area contributed by atoms with Crippen LogP contribution in [0.2, 0.25) is 0 Å². The number of hydrogen-bond acceptors (Lipinski definition) is 3. The van der Waals surface area contributed by atoms with Gasteiger partial charge in [0.1, 0.15) is 11.6 Å². The highest BCUT2D eigenvalue weighted by Crippen LogP contribution is 2.17. The Kier molecular flexibility index (Phi) is 5.84. The third kappa shape index (κ3) is 4.44. The highest BCUT2D eigenvalue weighted by molar-refractivity contribution is 7.84. The van der Waals surface area contributed by atoms with E-state index in [1.165, 1.54) is 6.07 Å². The molecular weight excluding hydrogens is 260 g/mol. The Bertz CT molecular complexity index is 429. The lowest BCUT2D eigenvalue weighted by Gasteiger charge is -2.15. The van der Waals surface area contributed by atoms with Gasteiger partial charge in [-0.15, -0.1) is 0 Å². The van der Waals surface area contributed by atoms with Crippen LogP contribution in [-0.4, -0.2) is 33.9 Å². The van der Waals surface area contributed by atoms with Gasteiger partial charge in [0.25, 0.3) is 0 Å². The third-order valence-electron chi connectivity index (χ3n) is 2.66. The van der Waals surface area contributed by atoms with Crippen molar-refractivity contribution in [3.8, 4) is 0 Å². The second-order valence-electron chi connectivity index (χ2n) is 4.15. The zero-order valence-electron chi connectivity index (χ0n) is 10.3. The lowest BCUT2D eigenvalue weighted by molar-refractivity contribution is 0.170. The topological polar surface area (TPSA) is 49.3 Å². The normalized spacial score (nSPS) is 16.3. The fourth-order valence-electron chi connectivity index (χ4n) is 1.42. The standard InChI is InChI=1S/C12H17F2NO2S/c1-8(18(2)17)6-15-7-12(16)10-4-3-9(13)5-11(10)14/h3-5,8,12,15-16H,6-7H2,1-2H3. The molecule has 0 radical (unpaired) electrons. The highest BCUT2D eigenvalue weighted by Gasteiger charge is 2.14. The van der Waals surface area contributed by atoms with Crippen molar-refractivity contribution in [2.75, 3.05) is 19.3 Å². The van der Waals surface area contributed by atoms with E-state index in [0.29, 0.717) is 6.54 Å². The first kappa shape index (κ1) is 15.2. The van der Waals surface area contributed by atoms with Gasteiger partial charge in [-0.3, -0.25) is 4.21 Å². The maximum Gasteiger partial charge on any atom is 0.131 e. The van der Waals surface area contributed by atoms with Crippen LogP contribution >= 0.6 is 0 Å². The van der Waals surface area contributed by atoms with Crippen molar-refractivity contribution in [1.82, 2.24) is 5.32 Å². The van der Waals surface area contributed by atoms with Crippen LogP contribution in [0.5, 0.6) is 0 Å². The molecule has 0 aliphatic rings. The van der Waals surface area contributed by atoms with E-state index in [9.17, 15) is 18.1 Å². The molecule has 3 unspecified atom stereocenters. The van der Waals surface area contributed by atoms with E-state index in [4.69, 9.17) is 0 Å². The molecule has 0 aliphatic carbocycles. The molecule has 3 atom stereocenters. The molecule has 0 amide bonds. The Labute approximate surface area is 108 Å². The predicted octanol–water partition coefficient (Wildman–Crippen LogP) is 1.35. The Morgan fingerprint density at radius 1 is 1.39 bits per heavy atom. The monoisotopic (exact) mass is 277 g/mol. The van der Waals surface area contributed by atoms with E-state index in [1.807, 2.05) is 6.92 Å². The minimum absolute atomic E-state index is 0.0461. The van der Waals surface area contributed by atoms with E-state index >= 15 is 0 Å². The minimum atomic E-state index is -1.05. The highest BCUT2D eigenvalue weighted by atomic mass is 32.2. The molecule has 1 rings (SSSR count). The van der Waals surface area contributed by atoms with Crippen molar-refractivity contribution in [3.63, 3.8) is 0 Å². The largest absolute Gasteiger partial charge is 0.387 e. The van der Waals surface area contributed by atoms with Gasteiger partial charge >= 0.3 is 0 Å². The predicted molar refractivity (Wildman–Crippen MR) is 67.7 cm³/mol. The second kappa shape index (κ2) is 6.92. The van der Waals surface area contributed by atoms with E-state index in [-0.39, 0.29) is 17.4 Å². The molecule has 0 fully saturated rings. The SMILES string of the molecule is CC(CNCC(O)c1ccc(F)cc1F)S(C)=O. The van der Waals surface area contributed by atoms with Gasteiger partial charge in [0.15, 0.2) is 0 Å². The molecule has 3 nitrogen and oxygen atoms in total. The number of hydrogen-bond donors (Lipinski definition) is 2. The number of halogens is 2. The molecule has 6 heteroatoms. The van der Waals surface area contributed by atoms with Gasteiger partial charge in [0.2, 0.25) is 0 Å². The number of rotatable bonds is 6. The molecule has 102 valence electrons. The van der Waals surface area contributed by atoms with Crippen LogP contribution in [0.3, 0.4) is 0 Å². The third-order valence-corrected chi connectivity index (χ3v) is 3.96. The minimum Gasteiger partial charge on any atom is -0.387 e. The zero-order valence-corrected chi connectivity index (χ0v) is 11.1. The molecule has 1 aromatic rings. The average Bonchev–Trinajstić information content (AvgIpc) is 2.28. The van der Waals surface area contributed by atoms with Gasteiger partial charge in [0, 0.05) is 47.0 Å². The first-order valence-electron chi connectivity index (χ1n) is 5.57. The Morgan fingerprint density at radius 3 is 2.61 bits per heavy atom. The maximum atomic E-state index is 13.3. The summed E-state index contributed by atoms with van der Waals surface area (Å²) < 4.78 is 37.1. The Morgan fingerprint density at radius 2 is 2.06 bits per heavy atom. The van der Waals surface area contributed by atoms with Gasteiger partial charge in [0.05, 0.1) is 6.10 Å². The summed E-state index contributed by atoms with van der Waals surface area (Å²) in [6.07, 6.45) is 0.547. The fraction of sp³-hybridized carbons (Fsp3) is 0.500. The molecule has 1 aromatic carbocycles. The molecule has 18 heavy (non-hydrogen) atoms. The smallest absolute Gasteiger partial charge is 0.131 e. The first-order chi connectivity index (χ1) is 8.41. The number of aliphatic hydroxyl groups excluding tert-OH is 1. The molecule has 0 aliphatic heterocycles. The number of aliphatic hydroxyl groups is 1. The molecule has 2 N–H and O–H groups in total. The number of benzene rings is 1. The van der Waals surface area contributed by atoms with Crippen LogP contribution in [0.25, 0.3) is 0 Å². The molecule has 0 bridgehead atoms. The summed E-state index contributed by atoms with van der Waals surface area (Å²) >= 11 is 0. The Hall–Kier alpha value is -0.850. The van der Waals surface area contributed by atoms with Crippen molar-refractivity contribution in [1.29, 1.82) is 0 Å². The van der Waals surface area contributed by atoms with Crippen molar-refractivity contribution < 1.29 is 18.1 Å². The van der Waals surface area contributed by atoms with E-state index in [0.717, 1.165) is 12.1 Å². The summed E-state index contributed by atoms with van der Waals surface area (Å²) in [6, 6.07) is 3.06. The lowest BCUT2D eigenvalue weighted by atomic mass is 10.1. The molecule has 0 spiro atoms. The molecule has 0 heterocycles. The van der Waals surface area contributed by atoms with E-state index < -0.39 is 28.5 Å². The quantitative estimate of drug-likeness (QED) is 0.825. The first-order valence-corrected chi connectivity index (χ1v) is 7.20. The molecule has 0 aromatic heterocycles. The van der Waals surface area contributed by atoms with E-state index in [2.05, 4.69) is 5.32 Å². The summed E-state index contributed by atoms with van der Waals surface area (Å²) in [6.45, 7) is 2.40. The summed E-state index contributed by atoms with van der Waals surface area (Å²) in [5.41, 5.74) is 0.0502. The van der Waals surface area contributed by atoms with Crippen LogP contribution in [0.1, 0.15) is 18.6 Å². The number of nitrogens with one attached hydrogen (secondary N) is 1. The molecule has 0 saturated carbocycles. The van der Waals surface area contributed by atoms with Crippen LogP contribution in [-0.2, 0) is 10.8 Å². The van der Waals surface area contributed by atoms with Crippen molar-refractivity contribution in [2.45, 2.75) is 18.3 Å². The van der Waals surface area contributed by atoms with Gasteiger partial charge in [-0.25, -0.2) is 8.78 Å². The molecular formula is C12H17F2NO2S. The van der Waals surface area contributed by atoms with Crippen LogP contribution < -0.4 is 5.32 Å². The van der Waals surface area contributed by atoms with Gasteiger partial charge < -0.3 is 10.4 Å². The summed E-state index contributed by atoms with van der Waals surface area (Å²) in [7, 11) is -0.945. The van der Waals surface area contributed by atoms with Crippen LogP contribution in [0.15, 0.2) is 18.2 Å². The van der Waals surface area contributed by atoms with Crippen LogP contribution in [0, 0.1) is 11.6 Å². The van der Waals surface area contributed by atoms with Gasteiger partial charge in [-0.1, -0.05) is 6.07 Å². The van der Waals surface area contributed by atoms with Gasteiger partial charge in [-0.2, -0.15) is 0 Å². The summed E-state index contributed by atoms with van der Waals surface area (Å²) in [5.74, 6) is -1.44. The summed E-state index contributed by atoms with van der Waals surface area (Å²) in [5, 5.41) is 12.6. The molecule has 0 saturated heterocycles. The van der Waals surface area contributed by atoms with Gasteiger partial charge in [-0.05, 0) is 13.0 Å². The average molecular weight is 277 g/mol. The summed E-state index contributed by atoms with van der Waals surface area (Å²) in [4.78, 5) is 0. The van der Waals surface area contributed by atoms with Crippen LogP contribution in [0.4, 0.5) is 8.78 Å². The van der Waals surface area contributed by atoms with Crippen molar-refractivity contribution in [2.24, 2.45) is 0 Å². The van der Waals surface area contributed by atoms with E-state index in [1.54, 1.807) is 6.26 Å². The maximum absolute atomic E-state index is 13.3. The van der Waals surface area contributed by atoms with Crippen molar-refractivity contribution in [3.05, 3.63) is 35.4 Å². The second-order valence-corrected chi connectivity index (χ2v) is 5.95. The zero-order chi connectivity index (χ0) is 13.7.